The number of nitrogens with one attached hydrogen (secondary N) is 1. The number of nitrogens with two attached hydrogens (primary N) is 1. The van der Waals surface area contributed by atoms with E-state index < -0.39 is 0 Å². The Labute approximate surface area is 110 Å². The fraction of sp³-hybridized carbons (Fsp3) is 0.933. The van der Waals surface area contributed by atoms with Crippen LogP contribution in [-0.2, 0) is 4.79 Å². The molecule has 3 nitrogen and oxygen atoms in total. The van der Waals surface area contributed by atoms with E-state index in [0.717, 1.165) is 30.6 Å². The van der Waals surface area contributed by atoms with E-state index in [4.69, 9.17) is 5.73 Å². The van der Waals surface area contributed by atoms with Crippen molar-refractivity contribution in [3.63, 3.8) is 0 Å². The highest BCUT2D eigenvalue weighted by molar-refractivity contribution is 5.76. The van der Waals surface area contributed by atoms with Gasteiger partial charge in [-0.15, -0.1) is 0 Å². The molecule has 3 aliphatic rings. The molecule has 0 radical (unpaired) electrons. The van der Waals surface area contributed by atoms with Crippen LogP contribution < -0.4 is 11.1 Å². The van der Waals surface area contributed by atoms with Crippen LogP contribution in [-0.4, -0.2) is 18.0 Å². The molecule has 3 rings (SSSR count). The van der Waals surface area contributed by atoms with Gasteiger partial charge >= 0.3 is 0 Å². The molecule has 0 bridgehead atoms. The normalized spacial score (nSPS) is 39.4. The van der Waals surface area contributed by atoms with Gasteiger partial charge in [0.15, 0.2) is 0 Å². The molecule has 1 amide bonds. The lowest BCUT2D eigenvalue weighted by atomic mass is 9.82. The maximum absolute atomic E-state index is 11.9. The summed E-state index contributed by atoms with van der Waals surface area (Å²) in [4.78, 5) is 11.9. The lowest BCUT2D eigenvalue weighted by Crippen LogP contribution is -2.34. The van der Waals surface area contributed by atoms with Gasteiger partial charge in [0.05, 0.1) is 0 Å². The molecule has 0 aliphatic heterocycles. The highest BCUT2D eigenvalue weighted by Gasteiger charge is 2.40. The first kappa shape index (κ1) is 12.5. The average molecular weight is 250 g/mol. The van der Waals surface area contributed by atoms with Gasteiger partial charge in [0.25, 0.3) is 0 Å². The van der Waals surface area contributed by atoms with Crippen molar-refractivity contribution in [2.75, 3.05) is 0 Å². The van der Waals surface area contributed by atoms with Crippen LogP contribution in [0.1, 0.15) is 57.8 Å². The SMILES string of the molecule is NC1CC2CC(NC(=O)CCC3CCC3)CC2C1. The van der Waals surface area contributed by atoms with E-state index in [9.17, 15) is 4.79 Å². The molecule has 2 unspecified atom stereocenters. The molecule has 3 N–H and O–H groups in total. The zero-order chi connectivity index (χ0) is 12.5. The lowest BCUT2D eigenvalue weighted by molar-refractivity contribution is -0.122. The van der Waals surface area contributed by atoms with Crippen molar-refractivity contribution in [1.29, 1.82) is 0 Å². The summed E-state index contributed by atoms with van der Waals surface area (Å²) in [5.41, 5.74) is 5.99. The molecule has 0 aromatic carbocycles. The lowest BCUT2D eigenvalue weighted by Gasteiger charge is -2.25. The minimum absolute atomic E-state index is 0.288. The fourth-order valence-corrected chi connectivity index (χ4v) is 4.20. The Balaban J connectivity index is 1.37. The van der Waals surface area contributed by atoms with Gasteiger partial charge in [-0.25, -0.2) is 0 Å². The van der Waals surface area contributed by atoms with Crippen molar-refractivity contribution in [2.24, 2.45) is 23.5 Å². The molecule has 3 aliphatic carbocycles. The monoisotopic (exact) mass is 250 g/mol. The molecule has 3 saturated carbocycles. The summed E-state index contributed by atoms with van der Waals surface area (Å²) in [5.74, 6) is 2.71. The van der Waals surface area contributed by atoms with Crippen LogP contribution in [0.4, 0.5) is 0 Å². The first-order valence-corrected chi connectivity index (χ1v) is 7.75. The summed E-state index contributed by atoms with van der Waals surface area (Å²) in [5, 5.41) is 3.25. The third-order valence-corrected chi connectivity index (χ3v) is 5.42. The molecule has 18 heavy (non-hydrogen) atoms. The van der Waals surface area contributed by atoms with Gasteiger partial charge in [0.2, 0.25) is 5.91 Å². The molecule has 3 fully saturated rings. The highest BCUT2D eigenvalue weighted by Crippen LogP contribution is 2.43. The average Bonchev–Trinajstić information content (AvgIpc) is 2.71. The Morgan fingerprint density at radius 3 is 2.33 bits per heavy atom. The first-order valence-electron chi connectivity index (χ1n) is 7.75. The zero-order valence-electron chi connectivity index (χ0n) is 11.2. The Morgan fingerprint density at radius 1 is 1.11 bits per heavy atom. The van der Waals surface area contributed by atoms with Gasteiger partial charge in [-0.2, -0.15) is 0 Å². The quantitative estimate of drug-likeness (QED) is 0.803. The molecule has 2 atom stereocenters. The smallest absolute Gasteiger partial charge is 0.220 e. The molecular weight excluding hydrogens is 224 g/mol. The molecule has 0 aromatic heterocycles. The summed E-state index contributed by atoms with van der Waals surface area (Å²) in [6, 6.07) is 0.872. The maximum Gasteiger partial charge on any atom is 0.220 e. The number of hydrogen-bond donors (Lipinski definition) is 2. The van der Waals surface area contributed by atoms with Gasteiger partial charge in [0, 0.05) is 18.5 Å². The molecule has 0 saturated heterocycles. The number of carbonyl (C=O) groups is 1. The number of rotatable bonds is 4. The van der Waals surface area contributed by atoms with E-state index in [2.05, 4.69) is 5.32 Å². The molecule has 0 spiro atoms. The van der Waals surface area contributed by atoms with Gasteiger partial charge in [-0.1, -0.05) is 19.3 Å². The standard InChI is InChI=1S/C15H26N2O/c16-13-6-11-8-14(9-12(11)7-13)17-15(18)5-4-10-2-1-3-10/h10-14H,1-9,16H2,(H,17,18). The van der Waals surface area contributed by atoms with Crippen LogP contribution in [0.3, 0.4) is 0 Å². The van der Waals surface area contributed by atoms with Crippen LogP contribution in [0.25, 0.3) is 0 Å². The Bertz CT molecular complexity index is 300. The van der Waals surface area contributed by atoms with Crippen LogP contribution in [0.15, 0.2) is 0 Å². The summed E-state index contributed by atoms with van der Waals surface area (Å²) in [6.45, 7) is 0. The predicted octanol–water partition coefficient (Wildman–Crippen LogP) is 2.20. The van der Waals surface area contributed by atoms with E-state index in [1.807, 2.05) is 0 Å². The number of carbonyl (C=O) groups excluding carboxylic acids is 1. The fourth-order valence-electron chi connectivity index (χ4n) is 4.20. The van der Waals surface area contributed by atoms with Crippen molar-refractivity contribution in [1.82, 2.24) is 5.32 Å². The summed E-state index contributed by atoms with van der Waals surface area (Å²) in [7, 11) is 0. The number of amides is 1. The van der Waals surface area contributed by atoms with Crippen molar-refractivity contribution in [3.8, 4) is 0 Å². The summed E-state index contributed by atoms with van der Waals surface area (Å²) < 4.78 is 0. The van der Waals surface area contributed by atoms with E-state index in [-0.39, 0.29) is 5.91 Å². The van der Waals surface area contributed by atoms with Gasteiger partial charge in [-0.3, -0.25) is 4.79 Å². The van der Waals surface area contributed by atoms with Gasteiger partial charge < -0.3 is 11.1 Å². The molecule has 3 heteroatoms. The second kappa shape index (κ2) is 5.20. The van der Waals surface area contributed by atoms with Crippen LogP contribution >= 0.6 is 0 Å². The van der Waals surface area contributed by atoms with Crippen molar-refractivity contribution in [2.45, 2.75) is 69.9 Å². The van der Waals surface area contributed by atoms with Crippen molar-refractivity contribution >= 4 is 5.91 Å². The number of fused-ring (bicyclic) bond motifs is 1. The Kier molecular flexibility index (Phi) is 3.60. The molecule has 0 aromatic rings. The van der Waals surface area contributed by atoms with E-state index in [0.29, 0.717) is 12.1 Å². The Hall–Kier alpha value is -0.570. The van der Waals surface area contributed by atoms with Crippen LogP contribution in [0.5, 0.6) is 0 Å². The van der Waals surface area contributed by atoms with Crippen molar-refractivity contribution in [3.05, 3.63) is 0 Å². The van der Waals surface area contributed by atoms with Gasteiger partial charge in [-0.05, 0) is 49.9 Å². The molecule has 0 heterocycles. The van der Waals surface area contributed by atoms with E-state index >= 15 is 0 Å². The van der Waals surface area contributed by atoms with E-state index in [1.165, 1.54) is 44.9 Å². The second-order valence-electron chi connectivity index (χ2n) is 6.82. The van der Waals surface area contributed by atoms with Crippen LogP contribution in [0, 0.1) is 17.8 Å². The van der Waals surface area contributed by atoms with Gasteiger partial charge in [0.1, 0.15) is 0 Å². The predicted molar refractivity (Wildman–Crippen MR) is 71.9 cm³/mol. The first-order chi connectivity index (χ1) is 8.70. The topological polar surface area (TPSA) is 55.1 Å². The molecule has 102 valence electrons. The van der Waals surface area contributed by atoms with Crippen LogP contribution in [0.2, 0.25) is 0 Å². The molecular formula is C15H26N2O. The van der Waals surface area contributed by atoms with Crippen molar-refractivity contribution < 1.29 is 4.79 Å². The third kappa shape index (κ3) is 2.71. The van der Waals surface area contributed by atoms with E-state index in [1.54, 1.807) is 0 Å². The Morgan fingerprint density at radius 2 is 1.78 bits per heavy atom. The number of hydrogen-bond acceptors (Lipinski definition) is 2. The third-order valence-electron chi connectivity index (χ3n) is 5.42. The second-order valence-corrected chi connectivity index (χ2v) is 6.82. The maximum atomic E-state index is 11.9. The minimum atomic E-state index is 0.288. The minimum Gasteiger partial charge on any atom is -0.353 e. The highest BCUT2D eigenvalue weighted by atomic mass is 16.1. The zero-order valence-corrected chi connectivity index (χ0v) is 11.2. The summed E-state index contributed by atoms with van der Waals surface area (Å²) in [6.07, 6.45) is 10.6. The largest absolute Gasteiger partial charge is 0.353 e. The summed E-state index contributed by atoms with van der Waals surface area (Å²) >= 11 is 0.